The molecule has 0 bridgehead atoms. The third-order valence-electron chi connectivity index (χ3n) is 3.68. The SMILES string of the molecule is COC(=O)c1ccc(Nc2cc(C(=O)Nc3ccccc3)nc(C)n2)cc1. The molecule has 0 unspecified atom stereocenters. The molecule has 2 aromatic carbocycles. The van der Waals surface area contributed by atoms with E-state index in [2.05, 4.69) is 25.3 Å². The zero-order valence-electron chi connectivity index (χ0n) is 14.9. The summed E-state index contributed by atoms with van der Waals surface area (Å²) >= 11 is 0. The summed E-state index contributed by atoms with van der Waals surface area (Å²) in [5, 5.41) is 5.90. The van der Waals surface area contributed by atoms with Gasteiger partial charge in [0.1, 0.15) is 17.3 Å². The van der Waals surface area contributed by atoms with E-state index in [0.29, 0.717) is 22.9 Å². The van der Waals surface area contributed by atoms with Gasteiger partial charge in [0.25, 0.3) is 5.91 Å². The topological polar surface area (TPSA) is 93.2 Å². The number of carbonyl (C=O) groups is 2. The van der Waals surface area contributed by atoms with Crippen LogP contribution in [0, 0.1) is 6.92 Å². The summed E-state index contributed by atoms with van der Waals surface area (Å²) in [5.74, 6) is 0.214. The fourth-order valence-corrected chi connectivity index (χ4v) is 2.42. The molecule has 0 aliphatic heterocycles. The molecule has 136 valence electrons. The molecule has 2 N–H and O–H groups in total. The van der Waals surface area contributed by atoms with Gasteiger partial charge in [0.05, 0.1) is 12.7 Å². The molecule has 0 aliphatic carbocycles. The van der Waals surface area contributed by atoms with Crippen molar-refractivity contribution in [2.24, 2.45) is 0 Å². The normalized spacial score (nSPS) is 10.1. The van der Waals surface area contributed by atoms with Crippen molar-refractivity contribution < 1.29 is 14.3 Å². The molecule has 7 nitrogen and oxygen atoms in total. The molecule has 0 saturated heterocycles. The smallest absolute Gasteiger partial charge is 0.337 e. The van der Waals surface area contributed by atoms with Crippen LogP contribution in [0.15, 0.2) is 60.7 Å². The van der Waals surface area contributed by atoms with E-state index in [4.69, 9.17) is 0 Å². The maximum Gasteiger partial charge on any atom is 0.337 e. The highest BCUT2D eigenvalue weighted by Crippen LogP contribution is 2.17. The van der Waals surface area contributed by atoms with E-state index in [9.17, 15) is 9.59 Å². The van der Waals surface area contributed by atoms with Crippen molar-refractivity contribution in [3.05, 3.63) is 77.7 Å². The van der Waals surface area contributed by atoms with Gasteiger partial charge < -0.3 is 15.4 Å². The van der Waals surface area contributed by atoms with Gasteiger partial charge in [-0.2, -0.15) is 0 Å². The van der Waals surface area contributed by atoms with E-state index >= 15 is 0 Å². The Morgan fingerprint density at radius 1 is 0.926 bits per heavy atom. The van der Waals surface area contributed by atoms with Crippen LogP contribution in [0.4, 0.5) is 17.2 Å². The van der Waals surface area contributed by atoms with Crippen LogP contribution in [-0.2, 0) is 4.74 Å². The Labute approximate surface area is 156 Å². The molecule has 0 aliphatic rings. The molecule has 0 radical (unpaired) electrons. The van der Waals surface area contributed by atoms with Crippen molar-refractivity contribution in [1.82, 2.24) is 9.97 Å². The lowest BCUT2D eigenvalue weighted by Gasteiger charge is -2.09. The van der Waals surface area contributed by atoms with Gasteiger partial charge >= 0.3 is 5.97 Å². The van der Waals surface area contributed by atoms with Crippen LogP contribution in [0.3, 0.4) is 0 Å². The van der Waals surface area contributed by atoms with Gasteiger partial charge in [0.15, 0.2) is 0 Å². The molecule has 3 rings (SSSR count). The first-order chi connectivity index (χ1) is 13.0. The first-order valence-corrected chi connectivity index (χ1v) is 8.22. The lowest BCUT2D eigenvalue weighted by atomic mass is 10.2. The summed E-state index contributed by atoms with van der Waals surface area (Å²) in [6, 6.07) is 17.5. The van der Waals surface area contributed by atoms with E-state index in [0.717, 1.165) is 5.69 Å². The van der Waals surface area contributed by atoms with E-state index in [1.807, 2.05) is 18.2 Å². The Morgan fingerprint density at radius 2 is 1.63 bits per heavy atom. The molecule has 27 heavy (non-hydrogen) atoms. The molecule has 7 heteroatoms. The number of anilines is 3. The third kappa shape index (κ3) is 4.66. The van der Waals surface area contributed by atoms with Gasteiger partial charge in [-0.05, 0) is 43.3 Å². The Bertz CT molecular complexity index is 957. The van der Waals surface area contributed by atoms with Crippen molar-refractivity contribution >= 4 is 29.1 Å². The number of hydrogen-bond acceptors (Lipinski definition) is 6. The lowest BCUT2D eigenvalue weighted by molar-refractivity contribution is 0.0600. The van der Waals surface area contributed by atoms with Crippen molar-refractivity contribution in [1.29, 1.82) is 0 Å². The van der Waals surface area contributed by atoms with Gasteiger partial charge in [-0.3, -0.25) is 4.79 Å². The zero-order chi connectivity index (χ0) is 19.2. The number of methoxy groups -OCH3 is 1. The molecule has 0 saturated carbocycles. The number of amides is 1. The van der Waals surface area contributed by atoms with Gasteiger partial charge in [-0.15, -0.1) is 0 Å². The minimum absolute atomic E-state index is 0.250. The Balaban J connectivity index is 1.77. The fourth-order valence-electron chi connectivity index (χ4n) is 2.42. The van der Waals surface area contributed by atoms with Gasteiger partial charge in [0.2, 0.25) is 0 Å². The second-order valence-corrected chi connectivity index (χ2v) is 5.70. The monoisotopic (exact) mass is 362 g/mol. The van der Waals surface area contributed by atoms with Crippen LogP contribution < -0.4 is 10.6 Å². The standard InChI is InChI=1S/C20H18N4O3/c1-13-21-17(19(25)24-15-6-4-3-5-7-15)12-18(22-13)23-16-10-8-14(9-11-16)20(26)27-2/h3-12H,1-2H3,(H,24,25)(H,21,22,23). The molecule has 1 heterocycles. The maximum absolute atomic E-state index is 12.4. The minimum atomic E-state index is -0.403. The van der Waals surface area contributed by atoms with Crippen molar-refractivity contribution in [3.8, 4) is 0 Å². The number of aromatic nitrogens is 2. The van der Waals surface area contributed by atoms with E-state index in [1.54, 1.807) is 49.4 Å². The number of hydrogen-bond donors (Lipinski definition) is 2. The van der Waals surface area contributed by atoms with E-state index < -0.39 is 5.97 Å². The van der Waals surface area contributed by atoms with E-state index in [1.165, 1.54) is 7.11 Å². The Morgan fingerprint density at radius 3 is 2.30 bits per heavy atom. The quantitative estimate of drug-likeness (QED) is 0.674. The largest absolute Gasteiger partial charge is 0.465 e. The Kier molecular flexibility index (Phi) is 5.41. The number of nitrogens with one attached hydrogen (secondary N) is 2. The molecule has 1 aromatic heterocycles. The second kappa shape index (κ2) is 8.09. The first-order valence-electron chi connectivity index (χ1n) is 8.22. The van der Waals surface area contributed by atoms with Crippen LogP contribution in [0.5, 0.6) is 0 Å². The van der Waals surface area contributed by atoms with Crippen LogP contribution in [-0.4, -0.2) is 29.0 Å². The summed E-state index contributed by atoms with van der Waals surface area (Å²) in [6.45, 7) is 1.71. The molecular weight excluding hydrogens is 344 g/mol. The van der Waals surface area contributed by atoms with Crippen LogP contribution in [0.1, 0.15) is 26.7 Å². The number of nitrogens with zero attached hydrogens (tertiary/aromatic N) is 2. The molecule has 0 spiro atoms. The number of aryl methyl sites for hydroxylation is 1. The highest BCUT2D eigenvalue weighted by molar-refractivity contribution is 6.03. The average molecular weight is 362 g/mol. The summed E-state index contributed by atoms with van der Waals surface area (Å²) in [6.07, 6.45) is 0. The second-order valence-electron chi connectivity index (χ2n) is 5.70. The molecule has 0 atom stereocenters. The van der Waals surface area contributed by atoms with Gasteiger partial charge in [-0.25, -0.2) is 14.8 Å². The molecule has 0 fully saturated rings. The third-order valence-corrected chi connectivity index (χ3v) is 3.68. The van der Waals surface area contributed by atoms with Crippen LogP contribution in [0.2, 0.25) is 0 Å². The predicted octanol–water partition coefficient (Wildman–Crippen LogP) is 3.57. The number of ether oxygens (including phenoxy) is 1. The summed E-state index contributed by atoms with van der Waals surface area (Å²) in [7, 11) is 1.33. The average Bonchev–Trinajstić information content (AvgIpc) is 2.68. The number of rotatable bonds is 5. The summed E-state index contributed by atoms with van der Waals surface area (Å²) in [4.78, 5) is 32.4. The first kappa shape index (κ1) is 18.1. The number of carbonyl (C=O) groups excluding carboxylic acids is 2. The predicted molar refractivity (Wildman–Crippen MR) is 102 cm³/mol. The highest BCUT2D eigenvalue weighted by atomic mass is 16.5. The van der Waals surface area contributed by atoms with Crippen molar-refractivity contribution in [3.63, 3.8) is 0 Å². The summed E-state index contributed by atoms with van der Waals surface area (Å²) < 4.78 is 4.68. The zero-order valence-corrected chi connectivity index (χ0v) is 14.9. The molecule has 1 amide bonds. The van der Waals surface area contributed by atoms with Gasteiger partial charge in [-0.1, -0.05) is 18.2 Å². The van der Waals surface area contributed by atoms with E-state index in [-0.39, 0.29) is 11.6 Å². The number of benzene rings is 2. The summed E-state index contributed by atoms with van der Waals surface area (Å²) in [5.41, 5.74) is 2.10. The molecular formula is C20H18N4O3. The fraction of sp³-hybridized carbons (Fsp3) is 0.100. The number of para-hydroxylation sites is 1. The van der Waals surface area contributed by atoms with Crippen LogP contribution in [0.25, 0.3) is 0 Å². The maximum atomic E-state index is 12.4. The number of esters is 1. The van der Waals surface area contributed by atoms with Gasteiger partial charge in [0, 0.05) is 17.4 Å². The minimum Gasteiger partial charge on any atom is -0.465 e. The van der Waals surface area contributed by atoms with Crippen molar-refractivity contribution in [2.75, 3.05) is 17.7 Å². The lowest BCUT2D eigenvalue weighted by Crippen LogP contribution is -2.15. The van der Waals surface area contributed by atoms with Crippen molar-refractivity contribution in [2.45, 2.75) is 6.92 Å². The van der Waals surface area contributed by atoms with Crippen LogP contribution >= 0.6 is 0 Å². The Hall–Kier alpha value is -3.74. The molecule has 3 aromatic rings. The highest BCUT2D eigenvalue weighted by Gasteiger charge is 2.11.